The molecule has 0 N–H and O–H groups in total. The summed E-state index contributed by atoms with van der Waals surface area (Å²) in [4.78, 5) is 11.3. The normalized spacial score (nSPS) is 13.8. The molecule has 0 aliphatic carbocycles. The largest absolute Gasteiger partial charge is 0.493 e. The fourth-order valence-electron chi connectivity index (χ4n) is 2.55. The third-order valence-electron chi connectivity index (χ3n) is 3.88. The lowest BCUT2D eigenvalue weighted by molar-refractivity contribution is -0.139. The van der Waals surface area contributed by atoms with Crippen LogP contribution in [0.1, 0.15) is 24.5 Å². The van der Waals surface area contributed by atoms with E-state index in [2.05, 4.69) is 6.58 Å². The van der Waals surface area contributed by atoms with E-state index in [4.69, 9.17) is 37.4 Å². The molecule has 2 aromatic carbocycles. The molecular weight excluding hydrogens is 375 g/mol. The molecule has 0 aromatic heterocycles. The highest BCUT2D eigenvalue weighted by atomic mass is 35.5. The third-order valence-corrected chi connectivity index (χ3v) is 4.69. The Kier molecular flexibility index (Phi) is 5.44. The summed E-state index contributed by atoms with van der Waals surface area (Å²) in [5, 5.41) is 0. The van der Waals surface area contributed by atoms with Crippen LogP contribution in [-0.2, 0) is 13.9 Å². The zero-order valence-electron chi connectivity index (χ0n) is 14.3. The van der Waals surface area contributed by atoms with E-state index in [1.807, 2.05) is 24.3 Å². The number of hydrogen-bond donors (Lipinski definition) is 0. The first-order valence-electron chi connectivity index (χ1n) is 8.14. The highest BCUT2D eigenvalue weighted by Crippen LogP contribution is 2.53. The predicted octanol–water partition coefficient (Wildman–Crippen LogP) is 5.36. The van der Waals surface area contributed by atoms with Gasteiger partial charge in [0.15, 0.2) is 4.33 Å². The van der Waals surface area contributed by atoms with Crippen LogP contribution in [-0.4, -0.2) is 19.2 Å². The first-order chi connectivity index (χ1) is 12.4. The molecule has 0 spiro atoms. The SMILES string of the molecule is C=C(C)C(=O)OCCCOc1ccc2c(c1)Oc1ccccc1C2(Cl)Cl. The average Bonchev–Trinajstić information content (AvgIpc) is 2.61. The monoisotopic (exact) mass is 392 g/mol. The van der Waals surface area contributed by atoms with Gasteiger partial charge in [-0.15, -0.1) is 0 Å². The molecule has 0 unspecified atom stereocenters. The lowest BCUT2D eigenvalue weighted by Gasteiger charge is -2.30. The van der Waals surface area contributed by atoms with Crippen LogP contribution in [0.2, 0.25) is 0 Å². The van der Waals surface area contributed by atoms with Gasteiger partial charge in [0.05, 0.1) is 13.2 Å². The quantitative estimate of drug-likeness (QED) is 0.287. The Morgan fingerprint density at radius 1 is 1.12 bits per heavy atom. The van der Waals surface area contributed by atoms with Crippen LogP contribution >= 0.6 is 23.2 Å². The smallest absolute Gasteiger partial charge is 0.333 e. The molecule has 0 atom stereocenters. The van der Waals surface area contributed by atoms with E-state index in [-0.39, 0.29) is 6.61 Å². The van der Waals surface area contributed by atoms with Crippen molar-refractivity contribution in [2.24, 2.45) is 0 Å². The van der Waals surface area contributed by atoms with Crippen molar-refractivity contribution in [1.82, 2.24) is 0 Å². The second kappa shape index (κ2) is 7.60. The summed E-state index contributed by atoms with van der Waals surface area (Å²) >= 11 is 13.2. The Morgan fingerprint density at radius 3 is 2.62 bits per heavy atom. The summed E-state index contributed by atoms with van der Waals surface area (Å²) in [6, 6.07) is 12.7. The molecule has 3 rings (SSSR count). The molecule has 6 heteroatoms. The van der Waals surface area contributed by atoms with E-state index in [9.17, 15) is 4.79 Å². The van der Waals surface area contributed by atoms with Crippen molar-refractivity contribution in [3.05, 3.63) is 65.7 Å². The topological polar surface area (TPSA) is 44.8 Å². The molecule has 26 heavy (non-hydrogen) atoms. The number of para-hydroxylation sites is 1. The van der Waals surface area contributed by atoms with Gasteiger partial charge in [-0.05, 0) is 25.1 Å². The van der Waals surface area contributed by atoms with Gasteiger partial charge in [0.2, 0.25) is 0 Å². The van der Waals surface area contributed by atoms with Crippen molar-refractivity contribution < 1.29 is 19.0 Å². The van der Waals surface area contributed by atoms with Gasteiger partial charge in [-0.25, -0.2) is 4.79 Å². The minimum absolute atomic E-state index is 0.271. The zero-order chi connectivity index (χ0) is 18.7. The molecule has 0 fully saturated rings. The van der Waals surface area contributed by atoms with Crippen molar-refractivity contribution in [3.63, 3.8) is 0 Å². The number of carbonyl (C=O) groups excluding carboxylic acids is 1. The second-order valence-electron chi connectivity index (χ2n) is 5.95. The maximum absolute atomic E-state index is 11.3. The van der Waals surface area contributed by atoms with Crippen molar-refractivity contribution >= 4 is 29.2 Å². The number of esters is 1. The van der Waals surface area contributed by atoms with E-state index in [1.54, 1.807) is 25.1 Å². The van der Waals surface area contributed by atoms with Crippen LogP contribution in [0.5, 0.6) is 17.2 Å². The minimum atomic E-state index is -1.18. The first-order valence-corrected chi connectivity index (χ1v) is 8.90. The number of hydrogen-bond acceptors (Lipinski definition) is 4. The Bertz CT molecular complexity index is 845. The molecule has 1 aliphatic rings. The van der Waals surface area contributed by atoms with Crippen LogP contribution in [0.4, 0.5) is 0 Å². The lowest BCUT2D eigenvalue weighted by atomic mass is 9.99. The van der Waals surface area contributed by atoms with E-state index < -0.39 is 10.3 Å². The van der Waals surface area contributed by atoms with E-state index in [0.29, 0.717) is 47.0 Å². The van der Waals surface area contributed by atoms with Crippen LogP contribution < -0.4 is 9.47 Å². The Morgan fingerprint density at radius 2 is 1.85 bits per heavy atom. The molecule has 2 aromatic rings. The molecule has 0 radical (unpaired) electrons. The molecule has 0 saturated carbocycles. The van der Waals surface area contributed by atoms with Crippen LogP contribution in [0, 0.1) is 0 Å². The summed E-state index contributed by atoms with van der Waals surface area (Å²) in [7, 11) is 0. The van der Waals surface area contributed by atoms with Crippen molar-refractivity contribution in [2.45, 2.75) is 17.7 Å². The molecule has 0 amide bonds. The number of carbonyl (C=O) groups is 1. The van der Waals surface area contributed by atoms with Gasteiger partial charge < -0.3 is 14.2 Å². The summed E-state index contributed by atoms with van der Waals surface area (Å²) in [5.74, 6) is 1.40. The summed E-state index contributed by atoms with van der Waals surface area (Å²) < 4.78 is 15.4. The highest BCUT2D eigenvalue weighted by molar-refractivity contribution is 6.50. The second-order valence-corrected chi connectivity index (χ2v) is 7.28. The molecular formula is C20H18Cl2O4. The maximum atomic E-state index is 11.3. The summed E-state index contributed by atoms with van der Waals surface area (Å²) in [6.07, 6.45) is 0.564. The molecule has 4 nitrogen and oxygen atoms in total. The van der Waals surface area contributed by atoms with Crippen molar-refractivity contribution in [3.8, 4) is 17.2 Å². The first kappa shape index (κ1) is 18.6. The van der Waals surface area contributed by atoms with Crippen molar-refractivity contribution in [1.29, 1.82) is 0 Å². The van der Waals surface area contributed by atoms with Gasteiger partial charge in [0.25, 0.3) is 0 Å². The van der Waals surface area contributed by atoms with Gasteiger partial charge >= 0.3 is 5.97 Å². The van der Waals surface area contributed by atoms with Gasteiger partial charge in [0, 0.05) is 29.2 Å². The minimum Gasteiger partial charge on any atom is -0.493 e. The Balaban J connectivity index is 1.64. The average molecular weight is 393 g/mol. The fraction of sp³-hybridized carbons (Fsp3) is 0.250. The van der Waals surface area contributed by atoms with Crippen LogP contribution in [0.15, 0.2) is 54.6 Å². The van der Waals surface area contributed by atoms with Crippen molar-refractivity contribution in [2.75, 3.05) is 13.2 Å². The zero-order valence-corrected chi connectivity index (χ0v) is 15.8. The van der Waals surface area contributed by atoms with E-state index in [0.717, 1.165) is 0 Å². The lowest BCUT2D eigenvalue weighted by Crippen LogP contribution is -2.19. The number of halogens is 2. The number of alkyl halides is 2. The molecule has 1 aliphatic heterocycles. The molecule has 0 bridgehead atoms. The number of rotatable bonds is 6. The summed E-state index contributed by atoms with van der Waals surface area (Å²) in [5.41, 5.74) is 1.76. The third kappa shape index (κ3) is 3.81. The predicted molar refractivity (Wildman–Crippen MR) is 101 cm³/mol. The number of ether oxygens (including phenoxy) is 3. The van der Waals surface area contributed by atoms with Gasteiger partial charge in [0.1, 0.15) is 17.2 Å². The highest BCUT2D eigenvalue weighted by Gasteiger charge is 2.38. The molecule has 1 heterocycles. The standard InChI is InChI=1S/C20H18Cl2O4/c1-13(2)19(23)25-11-5-10-24-14-8-9-16-18(12-14)26-17-7-4-3-6-15(17)20(16,21)22/h3-4,6-9,12H,1,5,10-11H2,2H3. The Hall–Kier alpha value is -2.17. The van der Waals surface area contributed by atoms with E-state index in [1.165, 1.54) is 0 Å². The number of benzene rings is 2. The van der Waals surface area contributed by atoms with Gasteiger partial charge in [-0.2, -0.15) is 0 Å². The molecule has 136 valence electrons. The van der Waals surface area contributed by atoms with Gasteiger partial charge in [-0.3, -0.25) is 0 Å². The number of fused-ring (bicyclic) bond motifs is 2. The summed E-state index contributed by atoms with van der Waals surface area (Å²) in [6.45, 7) is 5.80. The fourth-order valence-corrected chi connectivity index (χ4v) is 3.18. The maximum Gasteiger partial charge on any atom is 0.333 e. The van der Waals surface area contributed by atoms with Crippen LogP contribution in [0.25, 0.3) is 0 Å². The van der Waals surface area contributed by atoms with Gasteiger partial charge in [-0.1, -0.05) is 48.0 Å². The Labute approximate surface area is 162 Å². The molecule has 0 saturated heterocycles. The van der Waals surface area contributed by atoms with Crippen LogP contribution in [0.3, 0.4) is 0 Å². The van der Waals surface area contributed by atoms with E-state index >= 15 is 0 Å².